The van der Waals surface area contributed by atoms with Crippen LogP contribution in [0.15, 0.2) is 30.4 Å². The van der Waals surface area contributed by atoms with Crippen molar-refractivity contribution in [3.63, 3.8) is 0 Å². The number of benzene rings is 2. The van der Waals surface area contributed by atoms with Gasteiger partial charge < -0.3 is 4.74 Å². The molecule has 0 bridgehead atoms. The SMILES string of the molecule is O=C(Oc1c(F)c(F)c(S(=O)(=O)O)c(F)c1F)c1c(Br)cc(Br)cc1Br. The first-order valence-corrected chi connectivity index (χ1v) is 9.88. The third-order valence-electron chi connectivity index (χ3n) is 2.85. The van der Waals surface area contributed by atoms with E-state index >= 15 is 0 Å². The zero-order valence-corrected chi connectivity index (χ0v) is 17.4. The van der Waals surface area contributed by atoms with Gasteiger partial charge >= 0.3 is 16.1 Å². The number of hydrogen-bond acceptors (Lipinski definition) is 4. The molecule has 0 aromatic heterocycles. The smallest absolute Gasteiger partial charge is 0.346 e. The van der Waals surface area contributed by atoms with Crippen LogP contribution in [0.4, 0.5) is 17.6 Å². The van der Waals surface area contributed by atoms with Gasteiger partial charge in [0.25, 0.3) is 0 Å². The molecule has 1 N–H and O–H groups in total. The van der Waals surface area contributed by atoms with Crippen LogP contribution in [0.2, 0.25) is 0 Å². The Morgan fingerprint density at radius 2 is 1.35 bits per heavy atom. The second-order valence-corrected chi connectivity index (χ2v) is 8.51. The predicted octanol–water partition coefficient (Wildman–Crippen LogP) is 5.00. The lowest BCUT2D eigenvalue weighted by Gasteiger charge is -2.12. The van der Waals surface area contributed by atoms with Gasteiger partial charge in [0.2, 0.25) is 17.4 Å². The Balaban J connectivity index is 2.60. The number of carbonyl (C=O) groups is 1. The van der Waals surface area contributed by atoms with Crippen LogP contribution in [0.1, 0.15) is 10.4 Å². The highest BCUT2D eigenvalue weighted by molar-refractivity contribution is 9.11. The highest BCUT2D eigenvalue weighted by Crippen LogP contribution is 2.35. The van der Waals surface area contributed by atoms with E-state index in [2.05, 4.69) is 52.5 Å². The largest absolute Gasteiger partial charge is 0.416 e. The fourth-order valence-corrected chi connectivity index (χ4v) is 5.00. The molecule has 0 aliphatic carbocycles. The Labute approximate surface area is 168 Å². The minimum Gasteiger partial charge on any atom is -0.416 e. The average molecular weight is 587 g/mol. The van der Waals surface area contributed by atoms with E-state index in [4.69, 9.17) is 4.55 Å². The fourth-order valence-electron chi connectivity index (χ4n) is 1.79. The van der Waals surface area contributed by atoms with Crippen molar-refractivity contribution in [2.75, 3.05) is 0 Å². The van der Waals surface area contributed by atoms with Crippen molar-refractivity contribution >= 4 is 63.9 Å². The van der Waals surface area contributed by atoms with Gasteiger partial charge in [0, 0.05) is 13.4 Å². The molecule has 0 radical (unpaired) electrons. The molecule has 0 amide bonds. The third kappa shape index (κ3) is 3.96. The van der Waals surface area contributed by atoms with E-state index in [1.807, 2.05) is 0 Å². The molecule has 0 aliphatic heterocycles. The number of rotatable bonds is 3. The van der Waals surface area contributed by atoms with Gasteiger partial charge in [-0.25, -0.2) is 13.6 Å². The van der Waals surface area contributed by atoms with Gasteiger partial charge in [0.05, 0.1) is 5.56 Å². The lowest BCUT2D eigenvalue weighted by Crippen LogP contribution is -2.16. The van der Waals surface area contributed by atoms with Crippen molar-refractivity contribution in [3.8, 4) is 5.75 Å². The number of esters is 1. The summed E-state index contributed by atoms with van der Waals surface area (Å²) in [6.45, 7) is 0. The standard InChI is InChI=1S/C13H3Br3F4O5S/c14-3-1-4(15)6(5(16)2-3)13(21)25-11-7(17)9(19)12(26(22,23)24)10(20)8(11)18/h1-2H,(H,22,23,24). The van der Waals surface area contributed by atoms with Gasteiger partial charge in [-0.05, 0) is 44.0 Å². The molecule has 2 aromatic carbocycles. The van der Waals surface area contributed by atoms with E-state index in [1.54, 1.807) is 0 Å². The zero-order chi connectivity index (χ0) is 20.0. The summed E-state index contributed by atoms with van der Waals surface area (Å²) in [5, 5.41) is 0. The van der Waals surface area contributed by atoms with E-state index in [1.165, 1.54) is 12.1 Å². The molecule has 26 heavy (non-hydrogen) atoms. The van der Waals surface area contributed by atoms with Gasteiger partial charge in [-0.1, -0.05) is 15.9 Å². The Morgan fingerprint density at radius 3 is 1.73 bits per heavy atom. The quantitative estimate of drug-likeness (QED) is 0.180. The third-order valence-corrected chi connectivity index (χ3v) is 5.43. The van der Waals surface area contributed by atoms with Crippen molar-refractivity contribution in [3.05, 3.63) is 54.4 Å². The van der Waals surface area contributed by atoms with Gasteiger partial charge in [0.1, 0.15) is 0 Å². The van der Waals surface area contributed by atoms with Gasteiger partial charge in [-0.15, -0.1) is 0 Å². The minimum absolute atomic E-state index is 0.111. The lowest BCUT2D eigenvalue weighted by molar-refractivity contribution is 0.0714. The molecular weight excluding hydrogens is 584 g/mol. The van der Waals surface area contributed by atoms with Gasteiger partial charge in [-0.3, -0.25) is 4.55 Å². The van der Waals surface area contributed by atoms with Crippen molar-refractivity contribution in [2.24, 2.45) is 0 Å². The molecule has 0 saturated carbocycles. The van der Waals surface area contributed by atoms with Crippen molar-refractivity contribution in [2.45, 2.75) is 4.90 Å². The topological polar surface area (TPSA) is 80.7 Å². The van der Waals surface area contributed by atoms with E-state index < -0.39 is 50.0 Å². The maximum atomic E-state index is 13.9. The number of hydrogen-bond donors (Lipinski definition) is 1. The fraction of sp³-hybridized carbons (Fsp3) is 0. The summed E-state index contributed by atoms with van der Waals surface area (Å²) in [5.41, 5.74) is -0.272. The molecule has 0 heterocycles. The van der Waals surface area contributed by atoms with Gasteiger partial charge in [-0.2, -0.15) is 17.2 Å². The minimum atomic E-state index is -5.62. The van der Waals surface area contributed by atoms with Gasteiger partial charge in [0.15, 0.2) is 16.5 Å². The van der Waals surface area contributed by atoms with Crippen LogP contribution in [0.5, 0.6) is 5.75 Å². The van der Waals surface area contributed by atoms with Crippen molar-refractivity contribution in [1.82, 2.24) is 0 Å². The Kier molecular flexibility index (Phi) is 6.17. The van der Waals surface area contributed by atoms with Crippen molar-refractivity contribution in [1.29, 1.82) is 0 Å². The average Bonchev–Trinajstić information content (AvgIpc) is 2.47. The Bertz CT molecular complexity index is 991. The molecular formula is C13H3Br3F4O5S. The highest BCUT2D eigenvalue weighted by Gasteiger charge is 2.34. The molecule has 2 aromatic rings. The number of halogens is 7. The van der Waals surface area contributed by atoms with Crippen molar-refractivity contribution < 1.29 is 40.1 Å². The van der Waals surface area contributed by atoms with E-state index in [0.717, 1.165) is 0 Å². The van der Waals surface area contributed by atoms with Crippen LogP contribution in [-0.4, -0.2) is 18.9 Å². The molecule has 0 unspecified atom stereocenters. The highest BCUT2D eigenvalue weighted by atomic mass is 79.9. The number of ether oxygens (including phenoxy) is 1. The molecule has 13 heteroatoms. The normalized spacial score (nSPS) is 11.5. The Hall–Kier alpha value is -1.02. The summed E-state index contributed by atoms with van der Waals surface area (Å²) in [5.74, 6) is -12.7. The first-order chi connectivity index (χ1) is 11.9. The molecule has 0 spiro atoms. The molecule has 0 saturated heterocycles. The lowest BCUT2D eigenvalue weighted by atomic mass is 10.2. The summed E-state index contributed by atoms with van der Waals surface area (Å²) in [7, 11) is -5.62. The predicted molar refractivity (Wildman–Crippen MR) is 90.6 cm³/mol. The Morgan fingerprint density at radius 1 is 0.923 bits per heavy atom. The number of carbonyl (C=O) groups excluding carboxylic acids is 1. The molecule has 0 atom stereocenters. The van der Waals surface area contributed by atoms with Crippen LogP contribution < -0.4 is 4.74 Å². The summed E-state index contributed by atoms with van der Waals surface area (Å²) < 4.78 is 90.8. The summed E-state index contributed by atoms with van der Waals surface area (Å²) in [6, 6.07) is 2.77. The van der Waals surface area contributed by atoms with Crippen LogP contribution >= 0.6 is 47.8 Å². The van der Waals surface area contributed by atoms with Crippen LogP contribution in [-0.2, 0) is 10.1 Å². The van der Waals surface area contributed by atoms with Crippen LogP contribution in [0, 0.1) is 23.3 Å². The molecule has 2 rings (SSSR count). The molecule has 140 valence electrons. The van der Waals surface area contributed by atoms with Crippen LogP contribution in [0.3, 0.4) is 0 Å². The molecule has 0 aliphatic rings. The van der Waals surface area contributed by atoms with E-state index in [9.17, 15) is 30.8 Å². The molecule has 5 nitrogen and oxygen atoms in total. The van der Waals surface area contributed by atoms with Crippen LogP contribution in [0.25, 0.3) is 0 Å². The molecule has 0 fully saturated rings. The van der Waals surface area contributed by atoms with E-state index in [0.29, 0.717) is 4.47 Å². The summed E-state index contributed by atoms with van der Waals surface area (Å²) in [4.78, 5) is 9.89. The zero-order valence-electron chi connectivity index (χ0n) is 11.8. The second kappa shape index (κ2) is 7.54. The monoisotopic (exact) mass is 584 g/mol. The maximum absolute atomic E-state index is 13.9. The summed E-state index contributed by atoms with van der Waals surface area (Å²) in [6.07, 6.45) is 0. The maximum Gasteiger partial charge on any atom is 0.346 e. The first-order valence-electron chi connectivity index (χ1n) is 6.06. The summed E-state index contributed by atoms with van der Waals surface area (Å²) >= 11 is 9.13. The first kappa shape index (κ1) is 21.3. The van der Waals surface area contributed by atoms with E-state index in [-0.39, 0.29) is 14.5 Å². The second-order valence-electron chi connectivity index (χ2n) is 4.52.